The summed E-state index contributed by atoms with van der Waals surface area (Å²) in [6.45, 7) is -0.209. The SMILES string of the molecule is COc1ccc(CN(C2CCCCNC2=O)S(=O)(=O)c2ccc3c(c2)CN(C(=O)C(F)(F)F)CC3)cc1OC. The molecule has 1 fully saturated rings. The van der Waals surface area contributed by atoms with Crippen molar-refractivity contribution in [2.75, 3.05) is 27.3 Å². The van der Waals surface area contributed by atoms with Crippen molar-refractivity contribution in [1.82, 2.24) is 14.5 Å². The van der Waals surface area contributed by atoms with Crippen LogP contribution in [0.1, 0.15) is 36.0 Å². The molecule has 0 spiro atoms. The number of hydrogen-bond donors (Lipinski definition) is 1. The van der Waals surface area contributed by atoms with E-state index in [-0.39, 0.29) is 31.0 Å². The van der Waals surface area contributed by atoms with Crippen LogP contribution in [-0.4, -0.2) is 69.0 Å². The smallest absolute Gasteiger partial charge is 0.471 e. The lowest BCUT2D eigenvalue weighted by molar-refractivity contribution is -0.186. The summed E-state index contributed by atoms with van der Waals surface area (Å²) < 4.78 is 78.9. The number of amides is 2. The number of sulfonamides is 1. The predicted molar refractivity (Wildman–Crippen MR) is 135 cm³/mol. The third-order valence-corrected chi connectivity index (χ3v) is 8.82. The maximum Gasteiger partial charge on any atom is 0.471 e. The first-order valence-electron chi connectivity index (χ1n) is 12.4. The van der Waals surface area contributed by atoms with Gasteiger partial charge in [-0.2, -0.15) is 17.5 Å². The minimum absolute atomic E-state index is 0.120. The summed E-state index contributed by atoms with van der Waals surface area (Å²) >= 11 is 0. The molecular weight excluding hydrogens is 539 g/mol. The van der Waals surface area contributed by atoms with Gasteiger partial charge in [-0.05, 0) is 66.6 Å². The average Bonchev–Trinajstić information content (AvgIpc) is 3.13. The summed E-state index contributed by atoms with van der Waals surface area (Å²) in [5.41, 5.74) is 1.53. The lowest BCUT2D eigenvalue weighted by Gasteiger charge is -2.31. The van der Waals surface area contributed by atoms with E-state index in [0.717, 1.165) is 4.31 Å². The topological polar surface area (TPSA) is 105 Å². The molecule has 2 aliphatic rings. The van der Waals surface area contributed by atoms with Crippen molar-refractivity contribution in [2.24, 2.45) is 0 Å². The molecule has 13 heteroatoms. The molecule has 2 aromatic carbocycles. The number of nitrogens with one attached hydrogen (secondary N) is 1. The molecule has 2 aromatic rings. The van der Waals surface area contributed by atoms with Crippen molar-refractivity contribution in [2.45, 2.75) is 55.9 Å². The molecule has 1 saturated heterocycles. The number of halogens is 3. The highest BCUT2D eigenvalue weighted by molar-refractivity contribution is 7.89. The molecule has 9 nitrogen and oxygen atoms in total. The molecule has 0 radical (unpaired) electrons. The molecule has 2 heterocycles. The first kappa shape index (κ1) is 28.7. The molecule has 1 unspecified atom stereocenters. The fourth-order valence-corrected chi connectivity index (χ4v) is 6.56. The van der Waals surface area contributed by atoms with E-state index in [1.54, 1.807) is 24.3 Å². The van der Waals surface area contributed by atoms with Crippen LogP contribution in [0.3, 0.4) is 0 Å². The van der Waals surface area contributed by atoms with Crippen molar-refractivity contribution >= 4 is 21.8 Å². The Labute approximate surface area is 224 Å². The van der Waals surface area contributed by atoms with E-state index in [2.05, 4.69) is 5.32 Å². The second-order valence-corrected chi connectivity index (χ2v) is 11.3. The fourth-order valence-electron chi connectivity index (χ4n) is 4.90. The molecule has 2 amide bonds. The molecule has 2 aliphatic heterocycles. The number of carbonyl (C=O) groups is 2. The van der Waals surface area contributed by atoms with E-state index < -0.39 is 34.1 Å². The Bertz CT molecular complexity index is 1350. The normalized spacial score (nSPS) is 18.3. The van der Waals surface area contributed by atoms with Gasteiger partial charge in [-0.25, -0.2) is 8.42 Å². The van der Waals surface area contributed by atoms with Crippen LogP contribution in [0.5, 0.6) is 11.5 Å². The summed E-state index contributed by atoms with van der Waals surface area (Å²) in [7, 11) is -1.38. The van der Waals surface area contributed by atoms with Crippen LogP contribution in [0.2, 0.25) is 0 Å². The van der Waals surface area contributed by atoms with Crippen LogP contribution in [-0.2, 0) is 39.1 Å². The number of ether oxygens (including phenoxy) is 2. The highest BCUT2D eigenvalue weighted by Gasteiger charge is 2.43. The lowest BCUT2D eigenvalue weighted by Crippen LogP contribution is -2.48. The quantitative estimate of drug-likeness (QED) is 0.550. The fraction of sp³-hybridized carbons (Fsp3) is 0.462. The number of benzene rings is 2. The van der Waals surface area contributed by atoms with Crippen LogP contribution >= 0.6 is 0 Å². The zero-order valence-corrected chi connectivity index (χ0v) is 22.4. The molecular formula is C26H30F3N3O6S. The summed E-state index contributed by atoms with van der Waals surface area (Å²) in [6.07, 6.45) is -3.23. The monoisotopic (exact) mass is 569 g/mol. The molecule has 1 N–H and O–H groups in total. The van der Waals surface area contributed by atoms with Gasteiger partial charge in [-0.3, -0.25) is 9.59 Å². The minimum Gasteiger partial charge on any atom is -0.493 e. The molecule has 39 heavy (non-hydrogen) atoms. The van der Waals surface area contributed by atoms with E-state index in [9.17, 15) is 31.2 Å². The summed E-state index contributed by atoms with van der Waals surface area (Å²) in [5, 5.41) is 2.77. The third-order valence-electron chi connectivity index (χ3n) is 6.97. The Morgan fingerprint density at radius 3 is 2.51 bits per heavy atom. The van der Waals surface area contributed by atoms with Crippen LogP contribution in [0.4, 0.5) is 13.2 Å². The van der Waals surface area contributed by atoms with Gasteiger partial charge in [-0.15, -0.1) is 0 Å². The van der Waals surface area contributed by atoms with Gasteiger partial charge in [0.15, 0.2) is 11.5 Å². The van der Waals surface area contributed by atoms with Gasteiger partial charge < -0.3 is 19.7 Å². The highest BCUT2D eigenvalue weighted by Crippen LogP contribution is 2.32. The molecule has 1 atom stereocenters. The highest BCUT2D eigenvalue weighted by atomic mass is 32.2. The average molecular weight is 570 g/mol. The van der Waals surface area contributed by atoms with E-state index in [4.69, 9.17) is 9.47 Å². The predicted octanol–water partition coefficient (Wildman–Crippen LogP) is 3.01. The van der Waals surface area contributed by atoms with Crippen molar-refractivity contribution in [3.05, 3.63) is 53.1 Å². The van der Waals surface area contributed by atoms with Gasteiger partial charge in [0, 0.05) is 26.2 Å². The molecule has 0 saturated carbocycles. The largest absolute Gasteiger partial charge is 0.493 e. The maximum atomic E-state index is 14.1. The number of alkyl halides is 3. The van der Waals surface area contributed by atoms with Crippen LogP contribution in [0, 0.1) is 0 Å². The Kier molecular flexibility index (Phi) is 8.40. The maximum absolute atomic E-state index is 14.1. The second-order valence-electron chi connectivity index (χ2n) is 9.45. The van der Waals surface area contributed by atoms with Gasteiger partial charge >= 0.3 is 12.1 Å². The number of hydrogen-bond acceptors (Lipinski definition) is 6. The number of rotatable bonds is 7. The first-order chi connectivity index (χ1) is 18.5. The zero-order chi connectivity index (χ0) is 28.4. The Morgan fingerprint density at radius 2 is 1.82 bits per heavy atom. The number of methoxy groups -OCH3 is 2. The van der Waals surface area contributed by atoms with Crippen molar-refractivity contribution in [1.29, 1.82) is 0 Å². The minimum atomic E-state index is -5.02. The van der Waals surface area contributed by atoms with Gasteiger partial charge in [0.1, 0.15) is 6.04 Å². The summed E-state index contributed by atoms with van der Waals surface area (Å²) in [4.78, 5) is 25.3. The number of fused-ring (bicyclic) bond motifs is 1. The Hall–Kier alpha value is -3.32. The number of carbonyl (C=O) groups excluding carboxylic acids is 2. The standard InChI is InChI=1S/C26H30F3N3O6S/c1-37-22-9-6-17(13-23(22)38-2)15-32(21-5-3-4-11-30-24(21)33)39(35,36)20-8-7-18-10-12-31(16-19(18)14-20)25(34)26(27,28)29/h6-9,13-14,21H,3-5,10-12,15-16H2,1-2H3,(H,30,33). The van der Waals surface area contributed by atoms with Gasteiger partial charge in [0.25, 0.3) is 0 Å². The van der Waals surface area contributed by atoms with Gasteiger partial charge in [0.2, 0.25) is 15.9 Å². The van der Waals surface area contributed by atoms with Crippen molar-refractivity contribution < 1.29 is 40.7 Å². The molecule has 0 aliphatic carbocycles. The summed E-state index contributed by atoms with van der Waals surface area (Å²) in [6, 6.07) is 8.19. The second kappa shape index (κ2) is 11.4. The first-order valence-corrected chi connectivity index (χ1v) is 13.9. The van der Waals surface area contributed by atoms with Crippen LogP contribution in [0.15, 0.2) is 41.3 Å². The van der Waals surface area contributed by atoms with Gasteiger partial charge in [0.05, 0.1) is 19.1 Å². The molecule has 0 bridgehead atoms. The third kappa shape index (κ3) is 6.14. The molecule has 4 rings (SSSR count). The Balaban J connectivity index is 1.72. The summed E-state index contributed by atoms with van der Waals surface area (Å²) in [5.74, 6) is -1.54. The van der Waals surface area contributed by atoms with Crippen molar-refractivity contribution in [3.8, 4) is 11.5 Å². The van der Waals surface area contributed by atoms with E-state index in [0.29, 0.717) is 58.9 Å². The van der Waals surface area contributed by atoms with E-state index >= 15 is 0 Å². The molecule has 212 valence electrons. The zero-order valence-electron chi connectivity index (χ0n) is 21.6. The van der Waals surface area contributed by atoms with Crippen molar-refractivity contribution in [3.63, 3.8) is 0 Å². The van der Waals surface area contributed by atoms with E-state index in [1.807, 2.05) is 0 Å². The van der Waals surface area contributed by atoms with E-state index in [1.165, 1.54) is 26.4 Å². The van der Waals surface area contributed by atoms with Gasteiger partial charge in [-0.1, -0.05) is 12.1 Å². The number of nitrogens with zero attached hydrogens (tertiary/aromatic N) is 2. The molecule has 0 aromatic heterocycles. The van der Waals surface area contributed by atoms with Crippen LogP contribution < -0.4 is 14.8 Å². The lowest BCUT2D eigenvalue weighted by atomic mass is 10.00. The van der Waals surface area contributed by atoms with Crippen LogP contribution in [0.25, 0.3) is 0 Å². The Morgan fingerprint density at radius 1 is 1.08 bits per heavy atom.